The lowest BCUT2D eigenvalue weighted by atomic mass is 10.5. The highest BCUT2D eigenvalue weighted by Gasteiger charge is 2.00. The highest BCUT2D eigenvalue weighted by atomic mass is 16.3. The molecule has 0 aliphatic rings. The first-order valence-electron chi connectivity index (χ1n) is 3.70. The Labute approximate surface area is 64.6 Å². The Morgan fingerprint density at radius 3 is 3.27 bits per heavy atom. The van der Waals surface area contributed by atoms with Crippen molar-refractivity contribution < 1.29 is 4.42 Å². The van der Waals surface area contributed by atoms with Crippen molar-refractivity contribution in [3.8, 4) is 0 Å². The Kier molecular flexibility index (Phi) is 1.35. The van der Waals surface area contributed by atoms with E-state index in [-0.39, 0.29) is 0 Å². The van der Waals surface area contributed by atoms with E-state index in [1.165, 1.54) is 0 Å². The largest absolute Gasteiger partial charge is 0.463 e. The van der Waals surface area contributed by atoms with E-state index in [1.54, 1.807) is 6.26 Å². The first-order chi connectivity index (χ1) is 5.42. The number of hydrogen-bond donors (Lipinski definition) is 1. The zero-order valence-electron chi connectivity index (χ0n) is 6.37. The SMILES string of the molecule is CCNn1ccc2occc21. The average molecular weight is 150 g/mol. The Morgan fingerprint density at radius 2 is 2.45 bits per heavy atom. The molecule has 0 spiro atoms. The number of furan rings is 1. The van der Waals surface area contributed by atoms with Gasteiger partial charge in [0.25, 0.3) is 0 Å². The maximum atomic E-state index is 5.18. The third-order valence-electron chi connectivity index (χ3n) is 1.64. The summed E-state index contributed by atoms with van der Waals surface area (Å²) in [7, 11) is 0. The molecular formula is C8H10N2O. The average Bonchev–Trinajstić information content (AvgIpc) is 2.53. The lowest BCUT2D eigenvalue weighted by molar-refractivity contribution is 0.616. The molecule has 0 radical (unpaired) electrons. The molecule has 11 heavy (non-hydrogen) atoms. The quantitative estimate of drug-likeness (QED) is 0.707. The van der Waals surface area contributed by atoms with Crippen LogP contribution in [0.4, 0.5) is 0 Å². The molecule has 0 fully saturated rings. The molecule has 3 nitrogen and oxygen atoms in total. The summed E-state index contributed by atoms with van der Waals surface area (Å²) in [6.45, 7) is 2.97. The number of rotatable bonds is 2. The predicted molar refractivity (Wildman–Crippen MR) is 44.1 cm³/mol. The number of nitrogens with one attached hydrogen (secondary N) is 1. The molecular weight excluding hydrogens is 140 g/mol. The van der Waals surface area contributed by atoms with Crippen LogP contribution in [0.25, 0.3) is 11.1 Å². The van der Waals surface area contributed by atoms with Gasteiger partial charge in [0.05, 0.1) is 6.26 Å². The fourth-order valence-corrected chi connectivity index (χ4v) is 1.17. The van der Waals surface area contributed by atoms with Crippen molar-refractivity contribution in [2.24, 2.45) is 0 Å². The number of hydrogen-bond acceptors (Lipinski definition) is 2. The van der Waals surface area contributed by atoms with Crippen molar-refractivity contribution in [3.05, 3.63) is 24.6 Å². The second-order valence-corrected chi connectivity index (χ2v) is 2.37. The van der Waals surface area contributed by atoms with Crippen molar-refractivity contribution in [1.29, 1.82) is 0 Å². The lowest BCUT2D eigenvalue weighted by Crippen LogP contribution is -2.11. The fourth-order valence-electron chi connectivity index (χ4n) is 1.17. The van der Waals surface area contributed by atoms with Crippen LogP contribution in [0.15, 0.2) is 29.0 Å². The third kappa shape index (κ3) is 0.888. The van der Waals surface area contributed by atoms with Gasteiger partial charge in [-0.15, -0.1) is 0 Å². The molecule has 58 valence electrons. The summed E-state index contributed by atoms with van der Waals surface area (Å²) in [6, 6.07) is 3.88. The van der Waals surface area contributed by atoms with Crippen LogP contribution in [0.2, 0.25) is 0 Å². The Bertz CT molecular complexity index is 347. The van der Waals surface area contributed by atoms with Gasteiger partial charge < -0.3 is 9.84 Å². The number of nitrogens with zero attached hydrogens (tertiary/aromatic N) is 1. The minimum absolute atomic E-state index is 0.912. The summed E-state index contributed by atoms with van der Waals surface area (Å²) in [4.78, 5) is 0. The molecule has 0 saturated carbocycles. The highest BCUT2D eigenvalue weighted by molar-refractivity contribution is 5.74. The van der Waals surface area contributed by atoms with Crippen molar-refractivity contribution in [2.45, 2.75) is 6.92 Å². The Morgan fingerprint density at radius 1 is 1.55 bits per heavy atom. The smallest absolute Gasteiger partial charge is 0.153 e. The number of aromatic nitrogens is 1. The van der Waals surface area contributed by atoms with Gasteiger partial charge in [-0.2, -0.15) is 0 Å². The van der Waals surface area contributed by atoms with Crippen molar-refractivity contribution in [1.82, 2.24) is 4.68 Å². The summed E-state index contributed by atoms with van der Waals surface area (Å²) in [5, 5.41) is 0. The predicted octanol–water partition coefficient (Wildman–Crippen LogP) is 1.80. The van der Waals surface area contributed by atoms with Gasteiger partial charge in [-0.3, -0.25) is 4.68 Å². The molecule has 2 aromatic heterocycles. The van der Waals surface area contributed by atoms with E-state index >= 15 is 0 Å². The zero-order valence-corrected chi connectivity index (χ0v) is 6.37. The molecule has 0 aliphatic heterocycles. The van der Waals surface area contributed by atoms with Gasteiger partial charge in [-0.05, 0) is 6.92 Å². The van der Waals surface area contributed by atoms with Gasteiger partial charge in [0.15, 0.2) is 5.58 Å². The standard InChI is InChI=1S/C8H10N2O/c1-2-9-10-5-3-8-7(10)4-6-11-8/h3-6,9H,2H2,1H3. The van der Waals surface area contributed by atoms with Gasteiger partial charge >= 0.3 is 0 Å². The Balaban J connectivity index is 2.51. The summed E-state index contributed by atoms with van der Waals surface area (Å²) in [5.74, 6) is 0. The van der Waals surface area contributed by atoms with Crippen molar-refractivity contribution in [2.75, 3.05) is 12.0 Å². The van der Waals surface area contributed by atoms with E-state index in [2.05, 4.69) is 12.3 Å². The molecule has 0 amide bonds. The van der Waals surface area contributed by atoms with Gasteiger partial charge in [0.2, 0.25) is 0 Å². The third-order valence-corrected chi connectivity index (χ3v) is 1.64. The molecule has 2 rings (SSSR count). The van der Waals surface area contributed by atoms with Crippen molar-refractivity contribution in [3.63, 3.8) is 0 Å². The van der Waals surface area contributed by atoms with Gasteiger partial charge in [0, 0.05) is 24.9 Å². The van der Waals surface area contributed by atoms with Crippen LogP contribution in [-0.4, -0.2) is 11.2 Å². The second-order valence-electron chi connectivity index (χ2n) is 2.37. The molecule has 1 N–H and O–H groups in total. The minimum atomic E-state index is 0.912. The van der Waals surface area contributed by atoms with E-state index in [1.807, 2.05) is 23.0 Å². The zero-order chi connectivity index (χ0) is 7.68. The molecule has 0 bridgehead atoms. The van der Waals surface area contributed by atoms with E-state index in [0.29, 0.717) is 0 Å². The van der Waals surface area contributed by atoms with E-state index < -0.39 is 0 Å². The molecule has 0 aliphatic carbocycles. The summed E-state index contributed by atoms with van der Waals surface area (Å²) >= 11 is 0. The maximum absolute atomic E-state index is 5.18. The molecule has 3 heteroatoms. The molecule has 0 unspecified atom stereocenters. The van der Waals surface area contributed by atoms with E-state index in [0.717, 1.165) is 17.6 Å². The fraction of sp³-hybridized carbons (Fsp3) is 0.250. The topological polar surface area (TPSA) is 30.1 Å². The normalized spacial score (nSPS) is 10.6. The van der Waals surface area contributed by atoms with Crippen LogP contribution in [0, 0.1) is 0 Å². The monoisotopic (exact) mass is 150 g/mol. The van der Waals surface area contributed by atoms with Crippen LogP contribution in [-0.2, 0) is 0 Å². The molecule has 2 heterocycles. The second kappa shape index (κ2) is 2.34. The molecule has 0 atom stereocenters. The number of fused-ring (bicyclic) bond motifs is 1. The van der Waals surface area contributed by atoms with Gasteiger partial charge in [-0.1, -0.05) is 0 Å². The Hall–Kier alpha value is -1.38. The first kappa shape index (κ1) is 6.34. The lowest BCUT2D eigenvalue weighted by Gasteiger charge is -2.02. The van der Waals surface area contributed by atoms with Gasteiger partial charge in [0.1, 0.15) is 5.52 Å². The van der Waals surface area contributed by atoms with Crippen LogP contribution >= 0.6 is 0 Å². The van der Waals surface area contributed by atoms with Crippen LogP contribution in [0.5, 0.6) is 0 Å². The van der Waals surface area contributed by atoms with Crippen LogP contribution in [0.3, 0.4) is 0 Å². The summed E-state index contributed by atoms with van der Waals surface area (Å²) in [5.41, 5.74) is 5.19. The highest BCUT2D eigenvalue weighted by Crippen LogP contribution is 2.14. The van der Waals surface area contributed by atoms with Crippen LogP contribution < -0.4 is 5.43 Å². The summed E-state index contributed by atoms with van der Waals surface area (Å²) < 4.78 is 7.14. The molecule has 0 saturated heterocycles. The van der Waals surface area contributed by atoms with Crippen molar-refractivity contribution >= 4 is 11.1 Å². The van der Waals surface area contributed by atoms with Crippen LogP contribution in [0.1, 0.15) is 6.92 Å². The molecule has 2 aromatic rings. The van der Waals surface area contributed by atoms with E-state index in [9.17, 15) is 0 Å². The first-order valence-corrected chi connectivity index (χ1v) is 3.70. The van der Waals surface area contributed by atoms with E-state index in [4.69, 9.17) is 4.42 Å². The van der Waals surface area contributed by atoms with Gasteiger partial charge in [-0.25, -0.2) is 0 Å². The molecule has 0 aromatic carbocycles. The minimum Gasteiger partial charge on any atom is -0.463 e. The maximum Gasteiger partial charge on any atom is 0.153 e. The summed E-state index contributed by atoms with van der Waals surface area (Å²) in [6.07, 6.45) is 3.65.